The number of aromatic nitrogens is 1. The number of rotatable bonds is 2. The van der Waals surface area contributed by atoms with E-state index in [1.54, 1.807) is 11.3 Å². The van der Waals surface area contributed by atoms with Crippen molar-refractivity contribution in [3.8, 4) is 21.7 Å². The lowest BCUT2D eigenvalue weighted by atomic mass is 9.98. The quantitative estimate of drug-likeness (QED) is 0.700. The molecule has 0 unspecified atom stereocenters. The molecular weight excluding hydrogens is 252 g/mol. The maximum Gasteiger partial charge on any atom is 0.123 e. The Bertz CT molecular complexity index is 685. The van der Waals surface area contributed by atoms with Gasteiger partial charge >= 0.3 is 0 Å². The number of nitrogens with two attached hydrogens (primary N) is 1. The SMILES string of the molecule is Cc1ccc(-c2nccs2)cc1-c1ccc(N)cc1. The Morgan fingerprint density at radius 1 is 1.00 bits per heavy atom. The Morgan fingerprint density at radius 2 is 1.74 bits per heavy atom. The van der Waals surface area contributed by atoms with Crippen LogP contribution in [0.5, 0.6) is 0 Å². The zero-order valence-electron chi connectivity index (χ0n) is 10.6. The Kier molecular flexibility index (Phi) is 3.05. The number of thiazole rings is 1. The summed E-state index contributed by atoms with van der Waals surface area (Å²) in [5.41, 5.74) is 11.4. The zero-order valence-corrected chi connectivity index (χ0v) is 11.4. The van der Waals surface area contributed by atoms with Gasteiger partial charge in [-0.15, -0.1) is 11.3 Å². The van der Waals surface area contributed by atoms with Crippen LogP contribution in [0.1, 0.15) is 5.56 Å². The molecule has 0 radical (unpaired) electrons. The van der Waals surface area contributed by atoms with Gasteiger partial charge < -0.3 is 5.73 Å². The molecule has 0 saturated carbocycles. The number of anilines is 1. The number of hydrogen-bond donors (Lipinski definition) is 1. The first-order valence-corrected chi connectivity index (χ1v) is 6.98. The molecule has 0 spiro atoms. The monoisotopic (exact) mass is 266 g/mol. The van der Waals surface area contributed by atoms with E-state index in [4.69, 9.17) is 5.73 Å². The molecule has 0 atom stereocenters. The van der Waals surface area contributed by atoms with Crippen LogP contribution in [-0.4, -0.2) is 4.98 Å². The van der Waals surface area contributed by atoms with E-state index in [1.165, 1.54) is 16.7 Å². The summed E-state index contributed by atoms with van der Waals surface area (Å²) in [6.07, 6.45) is 1.84. The summed E-state index contributed by atoms with van der Waals surface area (Å²) in [5.74, 6) is 0. The van der Waals surface area contributed by atoms with E-state index < -0.39 is 0 Å². The van der Waals surface area contributed by atoms with Gasteiger partial charge in [0.1, 0.15) is 5.01 Å². The van der Waals surface area contributed by atoms with Crippen LogP contribution in [0, 0.1) is 6.92 Å². The van der Waals surface area contributed by atoms with Crippen LogP contribution in [0.4, 0.5) is 5.69 Å². The van der Waals surface area contributed by atoms with Crippen molar-refractivity contribution in [2.75, 3.05) is 5.73 Å². The molecule has 0 amide bonds. The second-order valence-electron chi connectivity index (χ2n) is 4.49. The molecule has 0 aliphatic heterocycles. The van der Waals surface area contributed by atoms with Gasteiger partial charge in [0.15, 0.2) is 0 Å². The smallest absolute Gasteiger partial charge is 0.123 e. The molecule has 2 N–H and O–H groups in total. The Morgan fingerprint density at radius 3 is 2.42 bits per heavy atom. The van der Waals surface area contributed by atoms with Gasteiger partial charge in [-0.1, -0.05) is 24.3 Å². The van der Waals surface area contributed by atoms with Gasteiger partial charge in [-0.3, -0.25) is 0 Å². The molecule has 0 aliphatic rings. The van der Waals surface area contributed by atoms with Crippen LogP contribution in [0.15, 0.2) is 54.0 Å². The number of hydrogen-bond acceptors (Lipinski definition) is 3. The van der Waals surface area contributed by atoms with Gasteiger partial charge in [0.2, 0.25) is 0 Å². The summed E-state index contributed by atoms with van der Waals surface area (Å²) in [7, 11) is 0. The van der Waals surface area contributed by atoms with Crippen LogP contribution in [0.2, 0.25) is 0 Å². The highest BCUT2D eigenvalue weighted by molar-refractivity contribution is 7.13. The van der Waals surface area contributed by atoms with Gasteiger partial charge in [-0.05, 0) is 41.8 Å². The molecule has 0 fully saturated rings. The zero-order chi connectivity index (χ0) is 13.2. The molecule has 3 heteroatoms. The van der Waals surface area contributed by atoms with Crippen molar-refractivity contribution in [1.29, 1.82) is 0 Å². The van der Waals surface area contributed by atoms with Crippen LogP contribution in [0.25, 0.3) is 21.7 Å². The Balaban J connectivity index is 2.10. The first kappa shape index (κ1) is 11.9. The van der Waals surface area contributed by atoms with E-state index in [0.29, 0.717) is 0 Å². The van der Waals surface area contributed by atoms with Crippen LogP contribution in [-0.2, 0) is 0 Å². The van der Waals surface area contributed by atoms with E-state index in [-0.39, 0.29) is 0 Å². The van der Waals surface area contributed by atoms with Gasteiger partial charge in [-0.25, -0.2) is 4.98 Å². The third-order valence-electron chi connectivity index (χ3n) is 3.14. The molecule has 19 heavy (non-hydrogen) atoms. The molecule has 3 aromatic rings. The minimum atomic E-state index is 0.789. The highest BCUT2D eigenvalue weighted by atomic mass is 32.1. The summed E-state index contributed by atoms with van der Waals surface area (Å²) in [4.78, 5) is 4.36. The largest absolute Gasteiger partial charge is 0.399 e. The van der Waals surface area contributed by atoms with Crippen molar-refractivity contribution in [1.82, 2.24) is 4.98 Å². The van der Waals surface area contributed by atoms with Crippen LogP contribution >= 0.6 is 11.3 Å². The average Bonchev–Trinajstić information content (AvgIpc) is 2.94. The van der Waals surface area contributed by atoms with Crippen molar-refractivity contribution in [3.05, 3.63) is 59.6 Å². The first-order chi connectivity index (χ1) is 9.24. The molecule has 2 nitrogen and oxygen atoms in total. The fourth-order valence-corrected chi connectivity index (χ4v) is 2.73. The molecule has 94 valence electrons. The third kappa shape index (κ3) is 2.37. The molecule has 1 heterocycles. The molecule has 3 rings (SSSR count). The van der Waals surface area contributed by atoms with Crippen LogP contribution < -0.4 is 5.73 Å². The summed E-state index contributed by atoms with van der Waals surface area (Å²) < 4.78 is 0. The van der Waals surface area contributed by atoms with Gasteiger partial charge in [0.25, 0.3) is 0 Å². The summed E-state index contributed by atoms with van der Waals surface area (Å²) in [5, 5.41) is 3.05. The molecular formula is C16H14N2S. The van der Waals surface area contributed by atoms with Crippen molar-refractivity contribution in [2.24, 2.45) is 0 Å². The summed E-state index contributed by atoms with van der Waals surface area (Å²) in [6.45, 7) is 2.12. The topological polar surface area (TPSA) is 38.9 Å². The van der Waals surface area contributed by atoms with Crippen molar-refractivity contribution < 1.29 is 0 Å². The second kappa shape index (κ2) is 4.86. The van der Waals surface area contributed by atoms with Crippen molar-refractivity contribution in [3.63, 3.8) is 0 Å². The fraction of sp³-hybridized carbons (Fsp3) is 0.0625. The van der Waals surface area contributed by atoms with E-state index in [9.17, 15) is 0 Å². The first-order valence-electron chi connectivity index (χ1n) is 6.10. The molecule has 2 aromatic carbocycles. The number of nitrogens with zero attached hydrogens (tertiary/aromatic N) is 1. The fourth-order valence-electron chi connectivity index (χ4n) is 2.09. The number of nitrogen functional groups attached to an aromatic ring is 1. The third-order valence-corrected chi connectivity index (χ3v) is 3.96. The highest BCUT2D eigenvalue weighted by Gasteiger charge is 2.06. The standard InChI is InChI=1S/C16H14N2S/c1-11-2-3-13(16-18-8-9-19-16)10-15(11)12-4-6-14(17)7-5-12/h2-10H,17H2,1H3. The minimum absolute atomic E-state index is 0.789. The second-order valence-corrected chi connectivity index (χ2v) is 5.38. The molecule has 0 aliphatic carbocycles. The predicted octanol–water partition coefficient (Wildman–Crippen LogP) is 4.37. The lowest BCUT2D eigenvalue weighted by Gasteiger charge is -2.08. The molecule has 0 saturated heterocycles. The van der Waals surface area contributed by atoms with E-state index in [0.717, 1.165) is 16.3 Å². The van der Waals surface area contributed by atoms with Gasteiger partial charge in [0.05, 0.1) is 0 Å². The minimum Gasteiger partial charge on any atom is -0.399 e. The van der Waals surface area contributed by atoms with E-state index in [1.807, 2.05) is 23.7 Å². The predicted molar refractivity (Wildman–Crippen MR) is 82.1 cm³/mol. The Hall–Kier alpha value is -2.13. The summed E-state index contributed by atoms with van der Waals surface area (Å²) >= 11 is 1.66. The Labute approximate surface area is 116 Å². The number of benzene rings is 2. The maximum atomic E-state index is 5.74. The van der Waals surface area contributed by atoms with Gasteiger partial charge in [0, 0.05) is 22.8 Å². The summed E-state index contributed by atoms with van der Waals surface area (Å²) in [6, 6.07) is 14.4. The lowest BCUT2D eigenvalue weighted by Crippen LogP contribution is -1.87. The number of aryl methyl sites for hydroxylation is 1. The molecule has 1 aromatic heterocycles. The van der Waals surface area contributed by atoms with E-state index >= 15 is 0 Å². The average molecular weight is 266 g/mol. The van der Waals surface area contributed by atoms with E-state index in [2.05, 4.69) is 42.2 Å². The van der Waals surface area contributed by atoms with Crippen molar-refractivity contribution in [2.45, 2.75) is 6.92 Å². The normalized spacial score (nSPS) is 10.6. The highest BCUT2D eigenvalue weighted by Crippen LogP contribution is 2.30. The van der Waals surface area contributed by atoms with Crippen LogP contribution in [0.3, 0.4) is 0 Å². The molecule has 0 bridgehead atoms. The maximum absolute atomic E-state index is 5.74. The van der Waals surface area contributed by atoms with Gasteiger partial charge in [-0.2, -0.15) is 0 Å². The lowest BCUT2D eigenvalue weighted by molar-refractivity contribution is 1.40. The van der Waals surface area contributed by atoms with Crippen molar-refractivity contribution >= 4 is 17.0 Å².